The Kier molecular flexibility index (Phi) is 1.86. The van der Waals surface area contributed by atoms with Crippen molar-refractivity contribution in [3.8, 4) is 0 Å². The molecule has 1 aliphatic rings. The van der Waals surface area contributed by atoms with Crippen molar-refractivity contribution >= 4 is 0 Å². The van der Waals surface area contributed by atoms with Crippen LogP contribution in [0.5, 0.6) is 0 Å². The maximum atomic E-state index is 5.45. The number of rotatable bonds is 0. The second kappa shape index (κ2) is 2.46. The molecule has 2 radical (unpaired) electrons. The van der Waals surface area contributed by atoms with Crippen LogP contribution in [0.3, 0.4) is 0 Å². The Labute approximate surface area is 49.8 Å². The Hall–Kier alpha value is -0.0800. The van der Waals surface area contributed by atoms with Crippen molar-refractivity contribution in [2.24, 2.45) is 5.92 Å². The molecular formula is C6H10O2. The van der Waals surface area contributed by atoms with E-state index in [4.69, 9.17) is 16.4 Å². The molecule has 2 nitrogen and oxygen atoms in total. The molecule has 8 heavy (non-hydrogen) atoms. The van der Waals surface area contributed by atoms with Gasteiger partial charge in [0, 0.05) is 5.92 Å². The highest BCUT2D eigenvalue weighted by Gasteiger charge is 2.13. The van der Waals surface area contributed by atoms with Crippen LogP contribution < -0.4 is 0 Å². The van der Waals surface area contributed by atoms with E-state index in [0.717, 1.165) is 0 Å². The molecule has 1 rings (SSSR count). The third kappa shape index (κ3) is 1.46. The molecule has 0 aromatic carbocycles. The molecule has 1 heterocycles. The van der Waals surface area contributed by atoms with E-state index in [9.17, 15) is 0 Å². The van der Waals surface area contributed by atoms with Crippen LogP contribution in [0, 0.1) is 12.8 Å². The monoisotopic (exact) mass is 114 g/mol. The van der Waals surface area contributed by atoms with E-state index in [2.05, 4.69) is 0 Å². The largest absolute Gasteiger partial charge is 0.353 e. The first-order valence-corrected chi connectivity index (χ1v) is 2.78. The SMILES string of the molecule is [CH]C1COC(C)OC1. The summed E-state index contributed by atoms with van der Waals surface area (Å²) in [5.74, 6) is 0.0752. The maximum Gasteiger partial charge on any atom is 0.154 e. The average molecular weight is 114 g/mol. The molecule has 0 amide bonds. The van der Waals surface area contributed by atoms with Gasteiger partial charge in [-0.15, -0.1) is 0 Å². The number of ether oxygens (including phenoxy) is 2. The van der Waals surface area contributed by atoms with Crippen molar-refractivity contribution in [1.82, 2.24) is 0 Å². The molecule has 1 fully saturated rings. The normalized spacial score (nSPS) is 39.8. The Bertz CT molecular complexity index is 54.9. The molecule has 1 saturated heterocycles. The molecule has 46 valence electrons. The lowest BCUT2D eigenvalue weighted by Gasteiger charge is -2.23. The second-order valence-corrected chi connectivity index (χ2v) is 1.99. The van der Waals surface area contributed by atoms with Crippen LogP contribution in [0.15, 0.2) is 0 Å². The minimum atomic E-state index is -0.0604. The summed E-state index contributed by atoms with van der Waals surface area (Å²) in [4.78, 5) is 0. The Morgan fingerprint density at radius 3 is 2.25 bits per heavy atom. The van der Waals surface area contributed by atoms with Gasteiger partial charge in [-0.3, -0.25) is 0 Å². The molecule has 0 bridgehead atoms. The van der Waals surface area contributed by atoms with Gasteiger partial charge in [-0.2, -0.15) is 0 Å². The molecule has 0 saturated carbocycles. The van der Waals surface area contributed by atoms with Crippen molar-refractivity contribution in [2.45, 2.75) is 13.2 Å². The molecule has 0 aromatic rings. The summed E-state index contributed by atoms with van der Waals surface area (Å²) in [5, 5.41) is 0. The first kappa shape index (κ1) is 6.05. The van der Waals surface area contributed by atoms with Gasteiger partial charge in [-0.1, -0.05) is 0 Å². The lowest BCUT2D eigenvalue weighted by atomic mass is 10.2. The summed E-state index contributed by atoms with van der Waals surface area (Å²) in [6.45, 7) is 8.57. The molecule has 1 aliphatic heterocycles. The molecule has 0 atom stereocenters. The summed E-state index contributed by atoms with van der Waals surface area (Å²) in [7, 11) is 0. The van der Waals surface area contributed by atoms with Gasteiger partial charge in [0.25, 0.3) is 0 Å². The lowest BCUT2D eigenvalue weighted by molar-refractivity contribution is -0.182. The van der Waals surface area contributed by atoms with E-state index >= 15 is 0 Å². The average Bonchev–Trinajstić information content (AvgIpc) is 1.77. The fourth-order valence-electron chi connectivity index (χ4n) is 0.614. The van der Waals surface area contributed by atoms with Gasteiger partial charge in [0.15, 0.2) is 6.29 Å². The van der Waals surface area contributed by atoms with Crippen LogP contribution in [-0.2, 0) is 9.47 Å². The molecular weight excluding hydrogens is 104 g/mol. The Balaban J connectivity index is 2.19. The van der Waals surface area contributed by atoms with Gasteiger partial charge in [0.2, 0.25) is 0 Å². The Morgan fingerprint density at radius 1 is 1.38 bits per heavy atom. The first-order chi connectivity index (χ1) is 3.79. The van der Waals surface area contributed by atoms with Gasteiger partial charge in [0.05, 0.1) is 13.2 Å². The van der Waals surface area contributed by atoms with Crippen molar-refractivity contribution in [3.05, 3.63) is 6.92 Å². The van der Waals surface area contributed by atoms with Gasteiger partial charge in [-0.25, -0.2) is 0 Å². The van der Waals surface area contributed by atoms with Gasteiger partial charge in [0.1, 0.15) is 0 Å². The summed E-state index contributed by atoms with van der Waals surface area (Å²) in [6.07, 6.45) is -0.0604. The van der Waals surface area contributed by atoms with Gasteiger partial charge >= 0.3 is 0 Å². The first-order valence-electron chi connectivity index (χ1n) is 2.78. The van der Waals surface area contributed by atoms with Crippen molar-refractivity contribution in [2.75, 3.05) is 13.2 Å². The smallest absolute Gasteiger partial charge is 0.154 e. The zero-order chi connectivity index (χ0) is 5.98. The summed E-state index contributed by atoms with van der Waals surface area (Å²) < 4.78 is 10.1. The predicted molar refractivity (Wildman–Crippen MR) is 29.2 cm³/mol. The minimum Gasteiger partial charge on any atom is -0.353 e. The van der Waals surface area contributed by atoms with Crippen molar-refractivity contribution in [1.29, 1.82) is 0 Å². The van der Waals surface area contributed by atoms with Crippen molar-refractivity contribution in [3.63, 3.8) is 0 Å². The summed E-state index contributed by atoms with van der Waals surface area (Å²) >= 11 is 0. The van der Waals surface area contributed by atoms with E-state index in [-0.39, 0.29) is 12.2 Å². The highest BCUT2D eigenvalue weighted by molar-refractivity contribution is 4.61. The standard InChI is InChI=1S/C6H10O2/c1-5-3-7-6(2)8-4-5/h1,5-6H,3-4H2,2H3. The number of hydrogen-bond acceptors (Lipinski definition) is 2. The zero-order valence-electron chi connectivity index (χ0n) is 4.96. The van der Waals surface area contributed by atoms with E-state index in [1.807, 2.05) is 6.92 Å². The molecule has 0 aliphatic carbocycles. The van der Waals surface area contributed by atoms with E-state index in [1.54, 1.807) is 0 Å². The lowest BCUT2D eigenvalue weighted by Crippen LogP contribution is -2.28. The van der Waals surface area contributed by atoms with E-state index in [0.29, 0.717) is 13.2 Å². The third-order valence-electron chi connectivity index (χ3n) is 1.09. The fraction of sp³-hybridized carbons (Fsp3) is 0.833. The quantitative estimate of drug-likeness (QED) is 0.461. The minimum absolute atomic E-state index is 0.0604. The summed E-state index contributed by atoms with van der Waals surface area (Å²) in [5.41, 5.74) is 0. The van der Waals surface area contributed by atoms with E-state index < -0.39 is 0 Å². The Morgan fingerprint density at radius 2 is 1.88 bits per heavy atom. The van der Waals surface area contributed by atoms with Crippen LogP contribution in [0.25, 0.3) is 0 Å². The molecule has 2 heteroatoms. The van der Waals surface area contributed by atoms with Crippen LogP contribution in [0.4, 0.5) is 0 Å². The van der Waals surface area contributed by atoms with Crippen LogP contribution in [0.1, 0.15) is 6.92 Å². The topological polar surface area (TPSA) is 18.5 Å². The fourth-order valence-corrected chi connectivity index (χ4v) is 0.614. The van der Waals surface area contributed by atoms with Crippen LogP contribution in [0.2, 0.25) is 0 Å². The zero-order valence-corrected chi connectivity index (χ0v) is 4.96. The number of hydrogen-bond donors (Lipinski definition) is 0. The molecule has 0 unspecified atom stereocenters. The van der Waals surface area contributed by atoms with Gasteiger partial charge in [-0.05, 0) is 13.8 Å². The predicted octanol–water partition coefficient (Wildman–Crippen LogP) is 0.706. The highest BCUT2D eigenvalue weighted by atomic mass is 16.7. The second-order valence-electron chi connectivity index (χ2n) is 1.99. The molecule has 0 N–H and O–H groups in total. The van der Waals surface area contributed by atoms with Gasteiger partial charge < -0.3 is 9.47 Å². The third-order valence-corrected chi connectivity index (χ3v) is 1.09. The van der Waals surface area contributed by atoms with Crippen LogP contribution >= 0.6 is 0 Å². The molecule has 0 aromatic heterocycles. The maximum absolute atomic E-state index is 5.45. The summed E-state index contributed by atoms with van der Waals surface area (Å²) in [6, 6.07) is 0. The van der Waals surface area contributed by atoms with E-state index in [1.165, 1.54) is 0 Å². The highest BCUT2D eigenvalue weighted by Crippen LogP contribution is 2.08. The molecule has 0 spiro atoms. The van der Waals surface area contributed by atoms with Crippen molar-refractivity contribution < 1.29 is 9.47 Å². The van der Waals surface area contributed by atoms with Crippen LogP contribution in [-0.4, -0.2) is 19.5 Å².